The molecule has 0 radical (unpaired) electrons. The van der Waals surface area contributed by atoms with E-state index >= 15 is 0 Å². The van der Waals surface area contributed by atoms with E-state index in [2.05, 4.69) is 10.3 Å². The zero-order chi connectivity index (χ0) is 18.1. The van der Waals surface area contributed by atoms with E-state index in [-0.39, 0.29) is 11.8 Å². The minimum absolute atomic E-state index is 0.0682. The molecular formula is C20H23N3O3. The summed E-state index contributed by atoms with van der Waals surface area (Å²) in [4.78, 5) is 30.5. The van der Waals surface area contributed by atoms with Crippen LogP contribution in [0, 0.1) is 0 Å². The number of methoxy groups -OCH3 is 1. The molecule has 2 heterocycles. The van der Waals surface area contributed by atoms with Crippen LogP contribution in [-0.2, 0) is 4.79 Å². The third-order valence-electron chi connectivity index (χ3n) is 5.12. The highest BCUT2D eigenvalue weighted by atomic mass is 16.5. The lowest BCUT2D eigenvalue weighted by Gasteiger charge is -2.32. The highest BCUT2D eigenvalue weighted by Gasteiger charge is 2.33. The normalized spacial score (nSPS) is 20.1. The van der Waals surface area contributed by atoms with Gasteiger partial charge in [0.25, 0.3) is 5.91 Å². The second-order valence-corrected chi connectivity index (χ2v) is 6.94. The fraction of sp³-hybridized carbons (Fsp3) is 0.400. The maximum atomic E-state index is 12.9. The SMILES string of the molecule is COc1cccc(N2CCCC(NC(=O)c3cc[nH]c3C3CC3)C2=O)c1. The molecule has 2 aromatic rings. The number of aromatic nitrogens is 1. The molecule has 1 saturated carbocycles. The number of carbonyl (C=O) groups is 2. The van der Waals surface area contributed by atoms with Crippen molar-refractivity contribution in [2.45, 2.75) is 37.6 Å². The number of benzene rings is 1. The number of H-pyrrole nitrogens is 1. The van der Waals surface area contributed by atoms with Gasteiger partial charge in [-0.2, -0.15) is 0 Å². The van der Waals surface area contributed by atoms with E-state index in [4.69, 9.17) is 4.74 Å². The van der Waals surface area contributed by atoms with Crippen molar-refractivity contribution in [2.75, 3.05) is 18.6 Å². The monoisotopic (exact) mass is 353 g/mol. The minimum Gasteiger partial charge on any atom is -0.497 e. The third-order valence-corrected chi connectivity index (χ3v) is 5.12. The van der Waals surface area contributed by atoms with Gasteiger partial charge in [-0.25, -0.2) is 0 Å². The van der Waals surface area contributed by atoms with Crippen LogP contribution in [0.4, 0.5) is 5.69 Å². The number of anilines is 1. The first-order chi connectivity index (χ1) is 12.7. The standard InChI is InChI=1S/C20H23N3O3/c1-26-15-5-2-4-14(12-15)23-11-3-6-17(20(23)25)22-19(24)16-9-10-21-18(16)13-7-8-13/h2,4-5,9-10,12-13,17,21H,3,6-8,11H2,1H3,(H,22,24). The van der Waals surface area contributed by atoms with Crippen LogP contribution in [0.25, 0.3) is 0 Å². The summed E-state index contributed by atoms with van der Waals surface area (Å²) in [5.74, 6) is 0.935. The third kappa shape index (κ3) is 3.19. The van der Waals surface area contributed by atoms with Gasteiger partial charge in [0.05, 0.1) is 12.7 Å². The summed E-state index contributed by atoms with van der Waals surface area (Å²) < 4.78 is 5.25. The summed E-state index contributed by atoms with van der Waals surface area (Å²) in [5, 5.41) is 2.94. The van der Waals surface area contributed by atoms with Gasteiger partial charge in [0.15, 0.2) is 0 Å². The van der Waals surface area contributed by atoms with Gasteiger partial charge in [0.1, 0.15) is 11.8 Å². The Morgan fingerprint density at radius 2 is 2.12 bits per heavy atom. The van der Waals surface area contributed by atoms with Crippen molar-refractivity contribution in [3.05, 3.63) is 47.8 Å². The maximum absolute atomic E-state index is 12.9. The molecule has 4 rings (SSSR count). The number of piperidine rings is 1. The summed E-state index contributed by atoms with van der Waals surface area (Å²) in [7, 11) is 1.61. The second-order valence-electron chi connectivity index (χ2n) is 6.94. The van der Waals surface area contributed by atoms with Crippen LogP contribution in [0.2, 0.25) is 0 Å². The number of nitrogens with zero attached hydrogens (tertiary/aromatic N) is 1. The number of ether oxygens (including phenoxy) is 1. The van der Waals surface area contributed by atoms with Gasteiger partial charge in [-0.15, -0.1) is 0 Å². The molecule has 2 N–H and O–H groups in total. The van der Waals surface area contributed by atoms with Crippen LogP contribution < -0.4 is 15.0 Å². The molecule has 1 aromatic heterocycles. The number of nitrogens with one attached hydrogen (secondary N) is 2. The van der Waals surface area contributed by atoms with Crippen LogP contribution in [0.1, 0.15) is 47.7 Å². The molecule has 2 amide bonds. The molecule has 1 atom stereocenters. The van der Waals surface area contributed by atoms with Crippen LogP contribution in [0.15, 0.2) is 36.5 Å². The Kier molecular flexibility index (Phi) is 4.41. The highest BCUT2D eigenvalue weighted by molar-refractivity contribution is 6.03. The largest absolute Gasteiger partial charge is 0.497 e. The number of rotatable bonds is 5. The van der Waals surface area contributed by atoms with Crippen LogP contribution in [0.3, 0.4) is 0 Å². The number of amides is 2. The van der Waals surface area contributed by atoms with Gasteiger partial charge < -0.3 is 19.9 Å². The second kappa shape index (κ2) is 6.86. The van der Waals surface area contributed by atoms with Gasteiger partial charge in [-0.05, 0) is 49.8 Å². The Labute approximate surface area is 152 Å². The average Bonchev–Trinajstić information content (AvgIpc) is 3.39. The first-order valence-corrected chi connectivity index (χ1v) is 9.11. The fourth-order valence-electron chi connectivity index (χ4n) is 3.57. The molecule has 1 aliphatic heterocycles. The van der Waals surface area contributed by atoms with Gasteiger partial charge >= 0.3 is 0 Å². The molecular weight excluding hydrogens is 330 g/mol. The molecule has 136 valence electrons. The first-order valence-electron chi connectivity index (χ1n) is 9.11. The van der Waals surface area contributed by atoms with Crippen LogP contribution >= 0.6 is 0 Å². The Hall–Kier alpha value is -2.76. The van der Waals surface area contributed by atoms with E-state index in [0.717, 1.165) is 30.6 Å². The summed E-state index contributed by atoms with van der Waals surface area (Å²) in [5.41, 5.74) is 2.46. The smallest absolute Gasteiger partial charge is 0.253 e. The quantitative estimate of drug-likeness (QED) is 0.868. The molecule has 1 unspecified atom stereocenters. The molecule has 0 bridgehead atoms. The van der Waals surface area contributed by atoms with Crippen molar-refractivity contribution in [3.8, 4) is 5.75 Å². The molecule has 2 fully saturated rings. The highest BCUT2D eigenvalue weighted by Crippen LogP contribution is 2.40. The number of carbonyl (C=O) groups excluding carboxylic acids is 2. The van der Waals surface area contributed by atoms with E-state index in [1.165, 1.54) is 0 Å². The molecule has 6 nitrogen and oxygen atoms in total. The number of hydrogen-bond acceptors (Lipinski definition) is 3. The lowest BCUT2D eigenvalue weighted by molar-refractivity contribution is -0.121. The van der Waals surface area contributed by atoms with E-state index in [1.54, 1.807) is 24.3 Å². The zero-order valence-corrected chi connectivity index (χ0v) is 14.8. The molecule has 0 spiro atoms. The molecule has 1 aromatic carbocycles. The summed E-state index contributed by atoms with van der Waals surface area (Å²) in [6.07, 6.45) is 5.54. The van der Waals surface area contributed by atoms with Crippen molar-refractivity contribution < 1.29 is 14.3 Å². The molecule has 6 heteroatoms. The van der Waals surface area contributed by atoms with E-state index in [1.807, 2.05) is 24.3 Å². The molecule has 26 heavy (non-hydrogen) atoms. The Bertz CT molecular complexity index is 825. The van der Waals surface area contributed by atoms with E-state index < -0.39 is 6.04 Å². The van der Waals surface area contributed by atoms with Crippen molar-refractivity contribution in [1.82, 2.24) is 10.3 Å². The van der Waals surface area contributed by atoms with Crippen LogP contribution in [0.5, 0.6) is 5.75 Å². The summed E-state index contributed by atoms with van der Waals surface area (Å²) >= 11 is 0. The predicted octanol–water partition coefficient (Wildman–Crippen LogP) is 2.83. The van der Waals surface area contributed by atoms with Crippen molar-refractivity contribution in [1.29, 1.82) is 0 Å². The van der Waals surface area contributed by atoms with E-state index in [9.17, 15) is 9.59 Å². The van der Waals surface area contributed by atoms with Crippen molar-refractivity contribution in [3.63, 3.8) is 0 Å². The number of aromatic amines is 1. The first kappa shape index (κ1) is 16.7. The fourth-order valence-corrected chi connectivity index (χ4v) is 3.57. The lowest BCUT2D eigenvalue weighted by atomic mass is 10.0. The molecule has 2 aliphatic rings. The van der Waals surface area contributed by atoms with Crippen molar-refractivity contribution in [2.24, 2.45) is 0 Å². The number of hydrogen-bond donors (Lipinski definition) is 2. The average molecular weight is 353 g/mol. The van der Waals surface area contributed by atoms with Gasteiger partial charge in [0.2, 0.25) is 5.91 Å². The van der Waals surface area contributed by atoms with Crippen LogP contribution in [-0.4, -0.2) is 36.5 Å². The van der Waals surface area contributed by atoms with Crippen molar-refractivity contribution >= 4 is 17.5 Å². The Morgan fingerprint density at radius 1 is 1.27 bits per heavy atom. The summed E-state index contributed by atoms with van der Waals surface area (Å²) in [6.45, 7) is 0.649. The Balaban J connectivity index is 1.49. The predicted molar refractivity (Wildman–Crippen MR) is 98.6 cm³/mol. The minimum atomic E-state index is -0.496. The molecule has 1 saturated heterocycles. The summed E-state index contributed by atoms with van der Waals surface area (Å²) in [6, 6.07) is 8.76. The topological polar surface area (TPSA) is 74.4 Å². The Morgan fingerprint density at radius 3 is 2.88 bits per heavy atom. The zero-order valence-electron chi connectivity index (χ0n) is 14.8. The van der Waals surface area contributed by atoms with Gasteiger partial charge in [0, 0.05) is 30.2 Å². The maximum Gasteiger partial charge on any atom is 0.253 e. The lowest BCUT2D eigenvalue weighted by Crippen LogP contribution is -2.52. The van der Waals surface area contributed by atoms with Gasteiger partial charge in [-0.1, -0.05) is 6.07 Å². The van der Waals surface area contributed by atoms with E-state index in [0.29, 0.717) is 30.2 Å². The van der Waals surface area contributed by atoms with Gasteiger partial charge in [-0.3, -0.25) is 9.59 Å². The molecule has 1 aliphatic carbocycles.